The Kier molecular flexibility index (Phi) is 2.44. The minimum Gasteiger partial charge on any atom is -0.422 e. The number of aromatic nitrogens is 3. The Bertz CT molecular complexity index is 408. The molecule has 4 N–H and O–H groups in total. The highest BCUT2D eigenvalue weighted by atomic mass is 16.5. The van der Waals surface area contributed by atoms with E-state index in [1.165, 1.54) is 6.42 Å². The summed E-state index contributed by atoms with van der Waals surface area (Å²) in [6.45, 7) is 1.77. The fourth-order valence-corrected chi connectivity index (χ4v) is 1.66. The predicted octanol–water partition coefficient (Wildman–Crippen LogP) is -0.433. The van der Waals surface area contributed by atoms with Crippen LogP contribution in [0.4, 0.5) is 11.9 Å². The molecule has 0 bridgehead atoms. The molecule has 1 aromatic rings. The topological polar surface area (TPSA) is 104 Å². The maximum absolute atomic E-state index is 9.19. The van der Waals surface area contributed by atoms with Crippen molar-refractivity contribution in [2.75, 3.05) is 23.7 Å². The van der Waals surface area contributed by atoms with Crippen LogP contribution in [-0.2, 0) is 0 Å². The summed E-state index contributed by atoms with van der Waals surface area (Å²) >= 11 is 0. The zero-order valence-electron chi connectivity index (χ0n) is 8.35. The second-order valence-corrected chi connectivity index (χ2v) is 3.56. The van der Waals surface area contributed by atoms with E-state index in [-0.39, 0.29) is 11.6 Å². The molecule has 1 aromatic heterocycles. The van der Waals surface area contributed by atoms with Crippen LogP contribution in [0, 0.1) is 5.41 Å². The van der Waals surface area contributed by atoms with Gasteiger partial charge in [0.05, 0.1) is 0 Å². The van der Waals surface area contributed by atoms with Crippen molar-refractivity contribution in [2.45, 2.75) is 19.3 Å². The summed E-state index contributed by atoms with van der Waals surface area (Å²) in [6, 6.07) is 0. The number of nitrogens with two attached hydrogens (primary N) is 1. The van der Waals surface area contributed by atoms with Gasteiger partial charge in [-0.2, -0.15) is 9.97 Å². The van der Waals surface area contributed by atoms with Gasteiger partial charge in [0.1, 0.15) is 0 Å². The van der Waals surface area contributed by atoms with Crippen LogP contribution in [0.15, 0.2) is 0 Å². The van der Waals surface area contributed by atoms with Gasteiger partial charge in [-0.15, -0.1) is 4.73 Å². The van der Waals surface area contributed by atoms with E-state index in [0.29, 0.717) is 10.7 Å². The van der Waals surface area contributed by atoms with Gasteiger partial charge in [-0.25, -0.2) is 0 Å². The summed E-state index contributed by atoms with van der Waals surface area (Å²) in [7, 11) is 0. The van der Waals surface area contributed by atoms with Gasteiger partial charge in [0.15, 0.2) is 0 Å². The van der Waals surface area contributed by atoms with Gasteiger partial charge in [-0.1, -0.05) is 0 Å². The molecule has 82 valence electrons. The third-order valence-corrected chi connectivity index (χ3v) is 2.48. The summed E-state index contributed by atoms with van der Waals surface area (Å²) in [4.78, 5) is 9.80. The standard InChI is InChI=1S/C8H14N6O/c9-6-11-8(12-7(10)14(6)15)13-4-2-1-3-5-13/h15H,1-5H2,(H3,9,10,11,12). The molecule has 0 spiro atoms. The summed E-state index contributed by atoms with van der Waals surface area (Å²) in [6.07, 6.45) is 3.42. The first kappa shape index (κ1) is 9.75. The maximum atomic E-state index is 9.19. The van der Waals surface area contributed by atoms with Crippen molar-refractivity contribution in [1.82, 2.24) is 14.7 Å². The van der Waals surface area contributed by atoms with E-state index in [1.807, 2.05) is 4.90 Å². The lowest BCUT2D eigenvalue weighted by Gasteiger charge is -2.26. The number of piperidine rings is 1. The molecule has 1 fully saturated rings. The van der Waals surface area contributed by atoms with E-state index in [0.717, 1.165) is 25.9 Å². The van der Waals surface area contributed by atoms with Crippen LogP contribution in [0.2, 0.25) is 0 Å². The van der Waals surface area contributed by atoms with Gasteiger partial charge in [0, 0.05) is 13.1 Å². The van der Waals surface area contributed by atoms with Gasteiger partial charge >= 0.3 is 0 Å². The van der Waals surface area contributed by atoms with Crippen LogP contribution in [0.25, 0.3) is 0 Å². The number of anilines is 2. The van der Waals surface area contributed by atoms with Crippen molar-refractivity contribution in [3.05, 3.63) is 5.62 Å². The van der Waals surface area contributed by atoms with Crippen molar-refractivity contribution in [3.63, 3.8) is 0 Å². The molecular formula is C8H14N6O. The number of nitrogens with zero attached hydrogens (tertiary/aromatic N) is 4. The van der Waals surface area contributed by atoms with Crippen LogP contribution in [0.3, 0.4) is 0 Å². The lowest BCUT2D eigenvalue weighted by molar-refractivity contribution is 0.168. The first-order valence-corrected chi connectivity index (χ1v) is 4.94. The summed E-state index contributed by atoms with van der Waals surface area (Å²) < 4.78 is 0.466. The number of nitrogens with one attached hydrogen (secondary N) is 1. The Hall–Kier alpha value is -1.79. The molecule has 1 saturated heterocycles. The van der Waals surface area contributed by atoms with Crippen molar-refractivity contribution in [3.8, 4) is 0 Å². The molecule has 0 amide bonds. The molecule has 7 heteroatoms. The minimum absolute atomic E-state index is 0.101. The molecule has 0 radical (unpaired) electrons. The van der Waals surface area contributed by atoms with E-state index in [4.69, 9.17) is 11.1 Å². The molecule has 0 saturated carbocycles. The van der Waals surface area contributed by atoms with E-state index in [9.17, 15) is 5.21 Å². The quantitative estimate of drug-likeness (QED) is 0.545. The molecule has 1 aliphatic heterocycles. The van der Waals surface area contributed by atoms with E-state index < -0.39 is 0 Å². The Morgan fingerprint density at radius 3 is 2.47 bits per heavy atom. The first-order chi connectivity index (χ1) is 7.18. The highest BCUT2D eigenvalue weighted by Crippen LogP contribution is 2.14. The zero-order valence-corrected chi connectivity index (χ0v) is 8.35. The zero-order chi connectivity index (χ0) is 10.8. The molecule has 0 aliphatic carbocycles. The molecule has 2 heterocycles. The van der Waals surface area contributed by atoms with Gasteiger partial charge < -0.3 is 15.8 Å². The van der Waals surface area contributed by atoms with Crippen molar-refractivity contribution in [1.29, 1.82) is 5.41 Å². The predicted molar refractivity (Wildman–Crippen MR) is 53.5 cm³/mol. The van der Waals surface area contributed by atoms with Gasteiger partial charge in [-0.3, -0.25) is 5.41 Å². The fourth-order valence-electron chi connectivity index (χ4n) is 1.66. The summed E-state index contributed by atoms with van der Waals surface area (Å²) in [5.41, 5.74) is 5.15. The fraction of sp³-hybridized carbons (Fsp3) is 0.625. The average molecular weight is 210 g/mol. The van der Waals surface area contributed by atoms with E-state index in [1.54, 1.807) is 0 Å². The van der Waals surface area contributed by atoms with Crippen LogP contribution in [-0.4, -0.2) is 33.0 Å². The molecule has 0 atom stereocenters. The molecule has 0 unspecified atom stereocenters. The van der Waals surface area contributed by atoms with Gasteiger partial charge in [-0.05, 0) is 19.3 Å². The van der Waals surface area contributed by atoms with Crippen LogP contribution >= 0.6 is 0 Å². The number of hydrogen-bond acceptors (Lipinski definition) is 6. The second kappa shape index (κ2) is 3.76. The first-order valence-electron chi connectivity index (χ1n) is 4.94. The maximum Gasteiger partial charge on any atom is 0.262 e. The van der Waals surface area contributed by atoms with Crippen molar-refractivity contribution in [2.24, 2.45) is 0 Å². The van der Waals surface area contributed by atoms with Gasteiger partial charge in [0.2, 0.25) is 11.9 Å². The second-order valence-electron chi connectivity index (χ2n) is 3.56. The number of nitrogen functional groups attached to an aromatic ring is 1. The molecular weight excluding hydrogens is 196 g/mol. The van der Waals surface area contributed by atoms with Crippen LogP contribution < -0.4 is 16.3 Å². The Morgan fingerprint density at radius 2 is 1.87 bits per heavy atom. The normalized spacial score (nSPS) is 16.7. The molecule has 1 aliphatic rings. The van der Waals surface area contributed by atoms with Crippen molar-refractivity contribution >= 4 is 11.9 Å². The van der Waals surface area contributed by atoms with Crippen LogP contribution in [0.5, 0.6) is 0 Å². The van der Waals surface area contributed by atoms with Crippen molar-refractivity contribution < 1.29 is 5.21 Å². The number of hydrogen-bond donors (Lipinski definition) is 3. The van der Waals surface area contributed by atoms with Gasteiger partial charge in [0.25, 0.3) is 5.62 Å². The Morgan fingerprint density at radius 1 is 1.20 bits per heavy atom. The number of rotatable bonds is 1. The van der Waals surface area contributed by atoms with Crippen LogP contribution in [0.1, 0.15) is 19.3 Å². The highest BCUT2D eigenvalue weighted by molar-refractivity contribution is 5.33. The summed E-state index contributed by atoms with van der Waals surface area (Å²) in [5, 5.41) is 16.6. The third-order valence-electron chi connectivity index (χ3n) is 2.48. The lowest BCUT2D eigenvalue weighted by Crippen LogP contribution is -2.35. The Labute approximate surface area is 86.7 Å². The SMILES string of the molecule is N=c1nc(N2CCCCC2)nc(N)n1O. The minimum atomic E-state index is -0.289. The Balaban J connectivity index is 2.32. The highest BCUT2D eigenvalue weighted by Gasteiger charge is 2.15. The molecule has 0 aromatic carbocycles. The van der Waals surface area contributed by atoms with E-state index >= 15 is 0 Å². The smallest absolute Gasteiger partial charge is 0.262 e. The lowest BCUT2D eigenvalue weighted by atomic mass is 10.1. The molecule has 2 rings (SSSR count). The third kappa shape index (κ3) is 1.85. The monoisotopic (exact) mass is 210 g/mol. The van der Waals surface area contributed by atoms with E-state index in [2.05, 4.69) is 9.97 Å². The average Bonchev–Trinajstić information content (AvgIpc) is 2.26. The molecule has 15 heavy (non-hydrogen) atoms. The molecule has 7 nitrogen and oxygen atoms in total. The largest absolute Gasteiger partial charge is 0.422 e. The summed E-state index contributed by atoms with van der Waals surface area (Å²) in [5.74, 6) is 0.332.